The van der Waals surface area contributed by atoms with Gasteiger partial charge in [0.2, 0.25) is 0 Å². The number of nitrogens with one attached hydrogen (secondary N) is 1. The van der Waals surface area contributed by atoms with Crippen molar-refractivity contribution in [3.05, 3.63) is 54.6 Å². The quantitative estimate of drug-likeness (QED) is 0.827. The molecule has 3 heteroatoms. The first-order valence-electron chi connectivity index (χ1n) is 5.63. The Bertz CT molecular complexity index is 440. The fourth-order valence-electron chi connectivity index (χ4n) is 1.50. The van der Waals surface area contributed by atoms with Gasteiger partial charge < -0.3 is 15.8 Å². The number of nitrogens with two attached hydrogens (primary N) is 1. The molecule has 0 aliphatic rings. The van der Waals surface area contributed by atoms with E-state index < -0.39 is 0 Å². The lowest BCUT2D eigenvalue weighted by atomic mass is 10.2. The van der Waals surface area contributed by atoms with Gasteiger partial charge >= 0.3 is 0 Å². The van der Waals surface area contributed by atoms with E-state index in [-0.39, 0.29) is 0 Å². The molecule has 88 valence electrons. The van der Waals surface area contributed by atoms with E-state index in [4.69, 9.17) is 10.5 Å². The van der Waals surface area contributed by atoms with Crippen LogP contribution in [0.4, 0.5) is 11.4 Å². The Morgan fingerprint density at radius 2 is 1.53 bits per heavy atom. The van der Waals surface area contributed by atoms with Crippen LogP contribution in [0.2, 0.25) is 0 Å². The van der Waals surface area contributed by atoms with E-state index in [1.54, 1.807) is 0 Å². The molecule has 0 saturated carbocycles. The molecule has 0 heterocycles. The normalized spacial score (nSPS) is 9.94. The average molecular weight is 228 g/mol. The van der Waals surface area contributed by atoms with Gasteiger partial charge in [0.1, 0.15) is 12.4 Å². The molecule has 2 rings (SSSR count). The van der Waals surface area contributed by atoms with Crippen LogP contribution in [0, 0.1) is 0 Å². The smallest absolute Gasteiger partial charge is 0.119 e. The summed E-state index contributed by atoms with van der Waals surface area (Å²) >= 11 is 0. The lowest BCUT2D eigenvalue weighted by Gasteiger charge is -2.08. The third-order valence-corrected chi connectivity index (χ3v) is 2.30. The van der Waals surface area contributed by atoms with Crippen molar-refractivity contribution < 1.29 is 4.74 Å². The van der Waals surface area contributed by atoms with Gasteiger partial charge in [0.15, 0.2) is 0 Å². The number of ether oxygens (including phenoxy) is 1. The maximum absolute atomic E-state index is 5.41. The van der Waals surface area contributed by atoms with Gasteiger partial charge in [-0.3, -0.25) is 0 Å². The van der Waals surface area contributed by atoms with Crippen molar-refractivity contribution in [1.82, 2.24) is 0 Å². The highest BCUT2D eigenvalue weighted by molar-refractivity contribution is 5.59. The van der Waals surface area contributed by atoms with Gasteiger partial charge in [-0.05, 0) is 36.4 Å². The van der Waals surface area contributed by atoms with Crippen molar-refractivity contribution in [2.24, 2.45) is 5.73 Å². The monoisotopic (exact) mass is 228 g/mol. The molecule has 0 spiro atoms. The molecule has 3 nitrogen and oxygen atoms in total. The zero-order valence-corrected chi connectivity index (χ0v) is 9.60. The van der Waals surface area contributed by atoms with Crippen LogP contribution >= 0.6 is 0 Å². The topological polar surface area (TPSA) is 47.3 Å². The second-order valence-corrected chi connectivity index (χ2v) is 3.65. The van der Waals surface area contributed by atoms with Gasteiger partial charge in [0.05, 0.1) is 0 Å². The molecular weight excluding hydrogens is 212 g/mol. The van der Waals surface area contributed by atoms with Crippen molar-refractivity contribution in [3.8, 4) is 5.75 Å². The summed E-state index contributed by atoms with van der Waals surface area (Å²) in [4.78, 5) is 0. The van der Waals surface area contributed by atoms with Crippen LogP contribution in [0.15, 0.2) is 54.6 Å². The molecule has 0 saturated heterocycles. The van der Waals surface area contributed by atoms with E-state index in [1.807, 2.05) is 54.6 Å². The summed E-state index contributed by atoms with van der Waals surface area (Å²) in [7, 11) is 0. The standard InChI is InChI=1S/C14H16N2O/c15-10-11-17-14-8-6-13(7-9-14)16-12-4-2-1-3-5-12/h1-9,16H,10-11,15H2. The van der Waals surface area contributed by atoms with Crippen molar-refractivity contribution in [2.45, 2.75) is 0 Å². The lowest BCUT2D eigenvalue weighted by Crippen LogP contribution is -2.10. The molecule has 0 aliphatic heterocycles. The number of anilines is 2. The zero-order chi connectivity index (χ0) is 11.9. The van der Waals surface area contributed by atoms with E-state index in [1.165, 1.54) is 0 Å². The molecule has 0 atom stereocenters. The summed E-state index contributed by atoms with van der Waals surface area (Å²) in [6, 6.07) is 17.9. The fourth-order valence-corrected chi connectivity index (χ4v) is 1.50. The molecule has 0 radical (unpaired) electrons. The SMILES string of the molecule is NCCOc1ccc(Nc2ccccc2)cc1. The molecule has 0 fully saturated rings. The molecular formula is C14H16N2O. The molecule has 3 N–H and O–H groups in total. The summed E-state index contributed by atoms with van der Waals surface area (Å²) in [5.41, 5.74) is 7.48. The second kappa shape index (κ2) is 5.92. The molecule has 17 heavy (non-hydrogen) atoms. The van der Waals surface area contributed by atoms with Crippen LogP contribution in [0.5, 0.6) is 5.75 Å². The molecule has 0 unspecified atom stereocenters. The highest BCUT2D eigenvalue weighted by Crippen LogP contribution is 2.19. The highest BCUT2D eigenvalue weighted by atomic mass is 16.5. The third-order valence-electron chi connectivity index (χ3n) is 2.30. The van der Waals surface area contributed by atoms with E-state index in [9.17, 15) is 0 Å². The van der Waals surface area contributed by atoms with Gasteiger partial charge in [0.25, 0.3) is 0 Å². The largest absolute Gasteiger partial charge is 0.492 e. The summed E-state index contributed by atoms with van der Waals surface area (Å²) in [5, 5.41) is 3.31. The molecule has 2 aromatic carbocycles. The van der Waals surface area contributed by atoms with Crippen LogP contribution in [0.3, 0.4) is 0 Å². The summed E-state index contributed by atoms with van der Waals surface area (Å²) in [6.07, 6.45) is 0. The van der Waals surface area contributed by atoms with Crippen molar-refractivity contribution >= 4 is 11.4 Å². The Balaban J connectivity index is 1.98. The number of para-hydroxylation sites is 1. The van der Waals surface area contributed by atoms with Crippen LogP contribution in [0.25, 0.3) is 0 Å². The second-order valence-electron chi connectivity index (χ2n) is 3.65. The Morgan fingerprint density at radius 3 is 2.18 bits per heavy atom. The number of benzene rings is 2. The van der Waals surface area contributed by atoms with Gasteiger partial charge in [-0.15, -0.1) is 0 Å². The Kier molecular flexibility index (Phi) is 4.00. The first kappa shape index (κ1) is 11.5. The molecule has 0 amide bonds. The lowest BCUT2D eigenvalue weighted by molar-refractivity contribution is 0.328. The molecule has 0 aliphatic carbocycles. The van der Waals surface area contributed by atoms with Crippen LogP contribution in [-0.2, 0) is 0 Å². The first-order chi connectivity index (χ1) is 8.38. The van der Waals surface area contributed by atoms with Gasteiger partial charge in [-0.2, -0.15) is 0 Å². The Morgan fingerprint density at radius 1 is 0.882 bits per heavy atom. The minimum atomic E-state index is 0.532. The number of rotatable bonds is 5. The van der Waals surface area contributed by atoms with E-state index in [0.717, 1.165) is 17.1 Å². The van der Waals surface area contributed by atoms with E-state index in [2.05, 4.69) is 5.32 Å². The molecule has 0 bridgehead atoms. The Hall–Kier alpha value is -2.00. The maximum atomic E-state index is 5.41. The summed E-state index contributed by atoms with van der Waals surface area (Å²) < 4.78 is 5.41. The predicted molar refractivity (Wildman–Crippen MR) is 70.7 cm³/mol. The van der Waals surface area contributed by atoms with Gasteiger partial charge in [-0.1, -0.05) is 18.2 Å². The number of hydrogen-bond acceptors (Lipinski definition) is 3. The van der Waals surface area contributed by atoms with Crippen LogP contribution in [-0.4, -0.2) is 13.2 Å². The van der Waals surface area contributed by atoms with E-state index in [0.29, 0.717) is 13.2 Å². The van der Waals surface area contributed by atoms with Crippen molar-refractivity contribution in [3.63, 3.8) is 0 Å². The third kappa shape index (κ3) is 3.50. The average Bonchev–Trinajstić information content (AvgIpc) is 2.39. The Labute approximate surface area is 101 Å². The van der Waals surface area contributed by atoms with E-state index >= 15 is 0 Å². The molecule has 2 aromatic rings. The predicted octanol–water partition coefficient (Wildman–Crippen LogP) is 2.77. The van der Waals surface area contributed by atoms with Gasteiger partial charge in [-0.25, -0.2) is 0 Å². The van der Waals surface area contributed by atoms with Crippen molar-refractivity contribution in [1.29, 1.82) is 0 Å². The summed E-state index contributed by atoms with van der Waals surface area (Å²) in [5.74, 6) is 0.842. The summed E-state index contributed by atoms with van der Waals surface area (Å²) in [6.45, 7) is 1.08. The minimum Gasteiger partial charge on any atom is -0.492 e. The fraction of sp³-hybridized carbons (Fsp3) is 0.143. The molecule has 0 aromatic heterocycles. The van der Waals surface area contributed by atoms with Crippen molar-refractivity contribution in [2.75, 3.05) is 18.5 Å². The number of hydrogen-bond donors (Lipinski definition) is 2. The van der Waals surface area contributed by atoms with Gasteiger partial charge in [0, 0.05) is 17.9 Å². The highest BCUT2D eigenvalue weighted by Gasteiger charge is 1.95. The first-order valence-corrected chi connectivity index (χ1v) is 5.63. The zero-order valence-electron chi connectivity index (χ0n) is 9.60. The van der Waals surface area contributed by atoms with Crippen LogP contribution in [0.1, 0.15) is 0 Å². The van der Waals surface area contributed by atoms with Crippen LogP contribution < -0.4 is 15.8 Å². The minimum absolute atomic E-state index is 0.532. The maximum Gasteiger partial charge on any atom is 0.119 e.